The van der Waals surface area contributed by atoms with E-state index in [9.17, 15) is 4.79 Å². The van der Waals surface area contributed by atoms with Gasteiger partial charge in [0.1, 0.15) is 5.75 Å². The van der Waals surface area contributed by atoms with Crippen molar-refractivity contribution in [2.24, 2.45) is 0 Å². The predicted octanol–water partition coefficient (Wildman–Crippen LogP) is 2.58. The molecule has 0 radical (unpaired) electrons. The molecule has 0 aliphatic carbocycles. The van der Waals surface area contributed by atoms with Crippen LogP contribution in [0.1, 0.15) is 11.1 Å². The fraction of sp³-hybridized carbons (Fsp3) is 0.200. The van der Waals surface area contributed by atoms with Gasteiger partial charge in [-0.25, -0.2) is 0 Å². The van der Waals surface area contributed by atoms with Crippen molar-refractivity contribution < 1.29 is 9.53 Å². The van der Waals surface area contributed by atoms with Crippen LogP contribution in [0.5, 0.6) is 5.75 Å². The van der Waals surface area contributed by atoms with Crippen molar-refractivity contribution in [3.8, 4) is 5.75 Å². The topological polar surface area (TPSA) is 51.2 Å². The van der Waals surface area contributed by atoms with Crippen molar-refractivity contribution >= 4 is 11.6 Å². The van der Waals surface area contributed by atoms with E-state index in [2.05, 4.69) is 10.3 Å². The lowest BCUT2D eigenvalue weighted by molar-refractivity contribution is -0.115. The standard InChI is InChI=1S/C15H16N2O2/c1-11-3-4-12(9-14(11)19-2)10-15(18)17-13-5-7-16-8-6-13/h3-9H,10H2,1-2H3,(H,16,17,18). The highest BCUT2D eigenvalue weighted by Gasteiger charge is 2.06. The summed E-state index contributed by atoms with van der Waals surface area (Å²) in [4.78, 5) is 15.8. The summed E-state index contributed by atoms with van der Waals surface area (Å²) in [6.45, 7) is 1.97. The molecule has 98 valence electrons. The third kappa shape index (κ3) is 3.55. The average molecular weight is 256 g/mol. The number of aryl methyl sites for hydroxylation is 1. The maximum Gasteiger partial charge on any atom is 0.228 e. The molecular weight excluding hydrogens is 240 g/mol. The zero-order valence-corrected chi connectivity index (χ0v) is 11.0. The van der Waals surface area contributed by atoms with Crippen LogP contribution in [-0.4, -0.2) is 18.0 Å². The van der Waals surface area contributed by atoms with E-state index in [1.165, 1.54) is 0 Å². The van der Waals surface area contributed by atoms with E-state index in [0.29, 0.717) is 6.42 Å². The zero-order valence-electron chi connectivity index (χ0n) is 11.0. The Labute approximate surface area is 112 Å². The Morgan fingerprint density at radius 3 is 2.68 bits per heavy atom. The summed E-state index contributed by atoms with van der Waals surface area (Å²) in [5, 5.41) is 2.82. The SMILES string of the molecule is COc1cc(CC(=O)Nc2ccncc2)ccc1C. The summed E-state index contributed by atoms with van der Waals surface area (Å²) in [5.41, 5.74) is 2.73. The Hall–Kier alpha value is -2.36. The number of rotatable bonds is 4. The second-order valence-electron chi connectivity index (χ2n) is 4.26. The molecule has 1 N–H and O–H groups in total. The molecule has 1 amide bonds. The molecule has 0 aliphatic heterocycles. The largest absolute Gasteiger partial charge is 0.496 e. The maximum atomic E-state index is 11.9. The molecule has 0 spiro atoms. The number of amides is 1. The quantitative estimate of drug-likeness (QED) is 0.914. The van der Waals surface area contributed by atoms with Crippen LogP contribution < -0.4 is 10.1 Å². The molecule has 2 aromatic rings. The molecule has 0 aliphatic rings. The van der Waals surface area contributed by atoms with Gasteiger partial charge >= 0.3 is 0 Å². The van der Waals surface area contributed by atoms with E-state index in [1.807, 2.05) is 25.1 Å². The van der Waals surface area contributed by atoms with Gasteiger partial charge in [0.2, 0.25) is 5.91 Å². The van der Waals surface area contributed by atoms with Crippen LogP contribution in [0.4, 0.5) is 5.69 Å². The Morgan fingerprint density at radius 2 is 2.00 bits per heavy atom. The summed E-state index contributed by atoms with van der Waals surface area (Å²) >= 11 is 0. The van der Waals surface area contributed by atoms with E-state index >= 15 is 0 Å². The van der Waals surface area contributed by atoms with Crippen molar-refractivity contribution in [3.63, 3.8) is 0 Å². The summed E-state index contributed by atoms with van der Waals surface area (Å²) in [7, 11) is 1.63. The molecule has 1 aromatic heterocycles. The van der Waals surface area contributed by atoms with Crippen LogP contribution in [0.15, 0.2) is 42.7 Å². The highest BCUT2D eigenvalue weighted by Crippen LogP contribution is 2.19. The number of hydrogen-bond acceptors (Lipinski definition) is 3. The molecule has 1 heterocycles. The molecule has 0 saturated carbocycles. The van der Waals surface area contributed by atoms with E-state index in [-0.39, 0.29) is 5.91 Å². The van der Waals surface area contributed by atoms with Gasteiger partial charge in [-0.1, -0.05) is 12.1 Å². The van der Waals surface area contributed by atoms with Crippen molar-refractivity contribution in [2.45, 2.75) is 13.3 Å². The summed E-state index contributed by atoms with van der Waals surface area (Å²) in [6, 6.07) is 9.29. The molecule has 0 unspecified atom stereocenters. The number of methoxy groups -OCH3 is 1. The molecule has 0 bridgehead atoms. The number of carbonyl (C=O) groups is 1. The third-order valence-corrected chi connectivity index (χ3v) is 2.80. The molecule has 0 fully saturated rings. The molecule has 1 aromatic carbocycles. The summed E-state index contributed by atoms with van der Waals surface area (Å²) < 4.78 is 5.25. The van der Waals surface area contributed by atoms with Gasteiger partial charge in [0.25, 0.3) is 0 Å². The minimum Gasteiger partial charge on any atom is -0.496 e. The molecule has 2 rings (SSSR count). The first-order valence-electron chi connectivity index (χ1n) is 6.02. The fourth-order valence-corrected chi connectivity index (χ4v) is 1.80. The first-order valence-corrected chi connectivity index (χ1v) is 6.02. The smallest absolute Gasteiger partial charge is 0.228 e. The number of ether oxygens (including phenoxy) is 1. The average Bonchev–Trinajstić information content (AvgIpc) is 2.42. The molecule has 0 atom stereocenters. The van der Waals surface area contributed by atoms with Gasteiger partial charge in [0.15, 0.2) is 0 Å². The first-order chi connectivity index (χ1) is 9.19. The molecule has 4 heteroatoms. The van der Waals surface area contributed by atoms with E-state index in [0.717, 1.165) is 22.6 Å². The minimum absolute atomic E-state index is 0.0582. The number of anilines is 1. The maximum absolute atomic E-state index is 11.9. The number of nitrogens with one attached hydrogen (secondary N) is 1. The van der Waals surface area contributed by atoms with Gasteiger partial charge in [0.05, 0.1) is 13.5 Å². The summed E-state index contributed by atoms with van der Waals surface area (Å²) in [5.74, 6) is 0.742. The predicted molar refractivity (Wildman–Crippen MR) is 74.3 cm³/mol. The van der Waals surface area contributed by atoms with Gasteiger partial charge in [-0.2, -0.15) is 0 Å². The van der Waals surface area contributed by atoms with E-state index < -0.39 is 0 Å². The molecule has 0 saturated heterocycles. The lowest BCUT2D eigenvalue weighted by atomic mass is 10.1. The molecule has 4 nitrogen and oxygen atoms in total. The monoisotopic (exact) mass is 256 g/mol. The molecular formula is C15H16N2O2. The number of pyridine rings is 1. The number of carbonyl (C=O) groups excluding carboxylic acids is 1. The van der Waals surface area contributed by atoms with Crippen LogP contribution in [0.3, 0.4) is 0 Å². The normalized spacial score (nSPS) is 10.0. The van der Waals surface area contributed by atoms with Crippen LogP contribution in [0, 0.1) is 6.92 Å². The lowest BCUT2D eigenvalue weighted by Gasteiger charge is -2.08. The second-order valence-corrected chi connectivity index (χ2v) is 4.26. The second kappa shape index (κ2) is 6.00. The number of benzene rings is 1. The van der Waals surface area contributed by atoms with Gasteiger partial charge in [-0.05, 0) is 36.2 Å². The van der Waals surface area contributed by atoms with Gasteiger partial charge in [-0.3, -0.25) is 9.78 Å². The van der Waals surface area contributed by atoms with E-state index in [1.54, 1.807) is 31.6 Å². The fourth-order valence-electron chi connectivity index (χ4n) is 1.80. The van der Waals surface area contributed by atoms with Gasteiger partial charge in [0, 0.05) is 18.1 Å². The first kappa shape index (κ1) is 13.1. The van der Waals surface area contributed by atoms with Gasteiger partial charge in [-0.15, -0.1) is 0 Å². The Balaban J connectivity index is 2.03. The van der Waals surface area contributed by atoms with E-state index in [4.69, 9.17) is 4.74 Å². The number of nitrogens with zero attached hydrogens (tertiary/aromatic N) is 1. The van der Waals surface area contributed by atoms with Crippen molar-refractivity contribution in [3.05, 3.63) is 53.9 Å². The minimum atomic E-state index is -0.0582. The van der Waals surface area contributed by atoms with Crippen molar-refractivity contribution in [1.82, 2.24) is 4.98 Å². The van der Waals surface area contributed by atoms with Crippen LogP contribution in [0.25, 0.3) is 0 Å². The molecule has 19 heavy (non-hydrogen) atoms. The third-order valence-electron chi connectivity index (χ3n) is 2.80. The highest BCUT2D eigenvalue weighted by atomic mass is 16.5. The van der Waals surface area contributed by atoms with Gasteiger partial charge < -0.3 is 10.1 Å². The number of aromatic nitrogens is 1. The Kier molecular flexibility index (Phi) is 4.13. The Bertz CT molecular complexity index is 568. The van der Waals surface area contributed by atoms with Crippen LogP contribution in [-0.2, 0) is 11.2 Å². The Morgan fingerprint density at radius 1 is 1.26 bits per heavy atom. The van der Waals surface area contributed by atoms with Crippen LogP contribution >= 0.6 is 0 Å². The van der Waals surface area contributed by atoms with Crippen LogP contribution in [0.2, 0.25) is 0 Å². The lowest BCUT2D eigenvalue weighted by Crippen LogP contribution is -2.14. The van der Waals surface area contributed by atoms with Crippen molar-refractivity contribution in [2.75, 3.05) is 12.4 Å². The number of hydrogen-bond donors (Lipinski definition) is 1. The zero-order chi connectivity index (χ0) is 13.7. The summed E-state index contributed by atoms with van der Waals surface area (Å²) in [6.07, 6.45) is 3.61. The van der Waals surface area contributed by atoms with Crippen molar-refractivity contribution in [1.29, 1.82) is 0 Å². The highest BCUT2D eigenvalue weighted by molar-refractivity contribution is 5.92.